The van der Waals surface area contributed by atoms with Gasteiger partial charge in [-0.25, -0.2) is 0 Å². The molecule has 0 saturated carbocycles. The Bertz CT molecular complexity index is 895. The number of benzene rings is 1. The lowest BCUT2D eigenvalue weighted by molar-refractivity contribution is -0.127. The second-order valence-corrected chi connectivity index (χ2v) is 8.39. The van der Waals surface area contributed by atoms with Crippen LogP contribution in [0.2, 0.25) is 0 Å². The van der Waals surface area contributed by atoms with E-state index in [4.69, 9.17) is 0 Å². The summed E-state index contributed by atoms with van der Waals surface area (Å²) < 4.78 is 27.8. The molecule has 0 spiro atoms. The molecule has 3 N–H and O–H groups in total. The number of hydrogen-bond donors (Lipinski definition) is 3. The van der Waals surface area contributed by atoms with Crippen LogP contribution in [-0.4, -0.2) is 26.5 Å². The number of nitrogens with zero attached hydrogens (tertiary/aromatic N) is 1. The molecule has 0 bridgehead atoms. The first-order valence-electron chi connectivity index (χ1n) is 7.75. The molecule has 2 aromatic rings. The van der Waals surface area contributed by atoms with E-state index < -0.39 is 25.0 Å². The monoisotopic (exact) mass is 382 g/mol. The van der Waals surface area contributed by atoms with Gasteiger partial charge in [0.05, 0.1) is 5.30 Å². The highest BCUT2D eigenvalue weighted by Gasteiger charge is 2.27. The largest absolute Gasteiger partial charge is 0.356 e. The highest BCUT2D eigenvalue weighted by atomic mass is 31.2. The molecule has 2 rings (SSSR count). The van der Waals surface area contributed by atoms with Gasteiger partial charge in [-0.3, -0.25) is 14.2 Å². The molecule has 0 saturated heterocycles. The van der Waals surface area contributed by atoms with Crippen molar-refractivity contribution in [2.45, 2.75) is 32.7 Å². The molecule has 0 atom stereocenters. The van der Waals surface area contributed by atoms with E-state index in [9.17, 15) is 28.3 Å². The molecule has 7 nitrogen and oxygen atoms in total. The van der Waals surface area contributed by atoms with Gasteiger partial charge >= 0.3 is 7.60 Å². The van der Waals surface area contributed by atoms with Crippen LogP contribution >= 0.6 is 7.60 Å². The maximum absolute atomic E-state index is 14.8. The van der Waals surface area contributed by atoms with Gasteiger partial charge in [0.25, 0.3) is 5.91 Å². The summed E-state index contributed by atoms with van der Waals surface area (Å²) in [6.45, 7) is 5.28. The van der Waals surface area contributed by atoms with Crippen molar-refractivity contribution in [1.29, 1.82) is 0 Å². The van der Waals surface area contributed by atoms with Gasteiger partial charge in [0.2, 0.25) is 12.2 Å². The number of nitrogens with one attached hydrogen (secondary N) is 1. The molecule has 0 radical (unpaired) electrons. The summed E-state index contributed by atoms with van der Waals surface area (Å²) >= 11 is 0. The van der Waals surface area contributed by atoms with Crippen LogP contribution in [-0.2, 0) is 26.1 Å². The molecule has 0 unspecified atom stereocenters. The molecule has 0 aliphatic rings. The van der Waals surface area contributed by atoms with Crippen molar-refractivity contribution in [3.63, 3.8) is 0 Å². The fourth-order valence-electron chi connectivity index (χ4n) is 2.59. The van der Waals surface area contributed by atoms with E-state index in [1.54, 1.807) is 26.8 Å². The molecular weight excluding hydrogens is 362 g/mol. The van der Waals surface area contributed by atoms with Crippen LogP contribution in [0.1, 0.15) is 31.9 Å². The molecule has 0 aliphatic carbocycles. The van der Waals surface area contributed by atoms with Gasteiger partial charge in [0.1, 0.15) is 5.69 Å². The zero-order valence-electron chi connectivity index (χ0n) is 14.6. The van der Waals surface area contributed by atoms with Crippen LogP contribution < -0.4 is 10.6 Å². The van der Waals surface area contributed by atoms with E-state index >= 15 is 0 Å². The Morgan fingerprint density at radius 3 is 2.42 bits per heavy atom. The number of aromatic nitrogens is 1. The van der Waals surface area contributed by atoms with Gasteiger partial charge in [-0.05, 0) is 32.4 Å². The fourth-order valence-corrected chi connectivity index (χ4v) is 3.39. The van der Waals surface area contributed by atoms with E-state index in [1.165, 1.54) is 29.0 Å². The van der Waals surface area contributed by atoms with Gasteiger partial charge in [-0.15, -0.1) is 0 Å². The Kier molecular flexibility index (Phi) is 5.51. The SMILES string of the molecule is CC(C)(C)n1cc(Cc2ccccc2P(=O)(O)O)c(NC(=O)C=O)c1F. The summed E-state index contributed by atoms with van der Waals surface area (Å²) in [5, 5.41) is 2.03. The third-order valence-electron chi connectivity index (χ3n) is 3.79. The van der Waals surface area contributed by atoms with Crippen molar-refractivity contribution < 1.29 is 28.3 Å². The average Bonchev–Trinajstić information content (AvgIpc) is 2.83. The van der Waals surface area contributed by atoms with Crippen LogP contribution in [0.5, 0.6) is 0 Å². The maximum atomic E-state index is 14.8. The van der Waals surface area contributed by atoms with Crippen LogP contribution in [0.25, 0.3) is 0 Å². The van der Waals surface area contributed by atoms with Crippen LogP contribution in [0, 0.1) is 5.95 Å². The predicted octanol–water partition coefficient (Wildman–Crippen LogP) is 1.91. The van der Waals surface area contributed by atoms with E-state index in [0.29, 0.717) is 11.1 Å². The zero-order valence-corrected chi connectivity index (χ0v) is 15.5. The van der Waals surface area contributed by atoms with Crippen molar-refractivity contribution in [3.8, 4) is 0 Å². The molecule has 0 fully saturated rings. The van der Waals surface area contributed by atoms with Gasteiger partial charge in [0.15, 0.2) is 0 Å². The van der Waals surface area contributed by atoms with Crippen molar-refractivity contribution >= 4 is 30.8 Å². The highest BCUT2D eigenvalue weighted by Crippen LogP contribution is 2.36. The summed E-state index contributed by atoms with van der Waals surface area (Å²) in [7, 11) is -4.52. The molecule has 1 heterocycles. The number of amides is 1. The average molecular weight is 382 g/mol. The lowest BCUT2D eigenvalue weighted by atomic mass is 10.1. The second kappa shape index (κ2) is 7.15. The van der Waals surface area contributed by atoms with Crippen molar-refractivity contribution in [1.82, 2.24) is 4.57 Å². The summed E-state index contributed by atoms with van der Waals surface area (Å²) in [6, 6.07) is 5.92. The lowest BCUT2D eigenvalue weighted by Crippen LogP contribution is -2.23. The third kappa shape index (κ3) is 4.27. The minimum absolute atomic E-state index is 0.0290. The number of anilines is 1. The number of hydrogen-bond acceptors (Lipinski definition) is 3. The topological polar surface area (TPSA) is 109 Å². The summed E-state index contributed by atoms with van der Waals surface area (Å²) in [4.78, 5) is 41.1. The van der Waals surface area contributed by atoms with Crippen molar-refractivity contribution in [2.75, 3.05) is 5.32 Å². The molecule has 0 aliphatic heterocycles. The Morgan fingerprint density at radius 1 is 1.27 bits per heavy atom. The lowest BCUT2D eigenvalue weighted by Gasteiger charge is -2.21. The smallest absolute Gasteiger partial charge is 0.321 e. The number of aldehydes is 1. The van der Waals surface area contributed by atoms with Crippen LogP contribution in [0.3, 0.4) is 0 Å². The summed E-state index contributed by atoms with van der Waals surface area (Å²) in [5.41, 5.74) is -0.231. The minimum atomic E-state index is -4.52. The third-order valence-corrected chi connectivity index (χ3v) is 4.85. The van der Waals surface area contributed by atoms with E-state index in [0.717, 1.165) is 0 Å². The molecule has 1 aromatic heterocycles. The Balaban J connectivity index is 2.58. The van der Waals surface area contributed by atoms with Crippen molar-refractivity contribution in [3.05, 3.63) is 47.5 Å². The van der Waals surface area contributed by atoms with Gasteiger partial charge in [-0.2, -0.15) is 4.39 Å². The standard InChI is InChI=1S/C17H20FN2O5P/c1-17(2,3)20-9-12(15(16(20)18)19-14(22)10-21)8-11-6-4-5-7-13(11)26(23,24)25/h4-7,9-10H,8H2,1-3H3,(H,19,22)(H2,23,24,25). The van der Waals surface area contributed by atoms with Crippen LogP contribution in [0.15, 0.2) is 30.5 Å². The number of carbonyl (C=O) groups excluding carboxylic acids is 2. The van der Waals surface area contributed by atoms with Gasteiger partial charge in [0, 0.05) is 23.7 Å². The summed E-state index contributed by atoms with van der Waals surface area (Å²) in [6.07, 6.45) is 1.46. The normalized spacial score (nSPS) is 12.1. The summed E-state index contributed by atoms with van der Waals surface area (Å²) in [5.74, 6) is -1.75. The van der Waals surface area contributed by atoms with Gasteiger partial charge in [-0.1, -0.05) is 18.2 Å². The maximum Gasteiger partial charge on any atom is 0.356 e. The number of carbonyl (C=O) groups is 2. The molecule has 1 amide bonds. The minimum Gasteiger partial charge on any atom is -0.321 e. The molecule has 26 heavy (non-hydrogen) atoms. The van der Waals surface area contributed by atoms with Gasteiger partial charge < -0.3 is 19.7 Å². The first-order chi connectivity index (χ1) is 11.9. The number of halogens is 1. The van der Waals surface area contributed by atoms with Crippen LogP contribution in [0.4, 0.5) is 10.1 Å². The quantitative estimate of drug-likeness (QED) is 0.416. The predicted molar refractivity (Wildman–Crippen MR) is 95.0 cm³/mol. The van der Waals surface area contributed by atoms with E-state index in [-0.39, 0.29) is 23.7 Å². The fraction of sp³-hybridized carbons (Fsp3) is 0.294. The highest BCUT2D eigenvalue weighted by molar-refractivity contribution is 7.60. The second-order valence-electron chi connectivity index (χ2n) is 6.82. The Hall–Kier alpha value is -2.28. The molecule has 9 heteroatoms. The van der Waals surface area contributed by atoms with Crippen molar-refractivity contribution in [2.24, 2.45) is 0 Å². The van der Waals surface area contributed by atoms with E-state index in [1.807, 2.05) is 0 Å². The zero-order chi connectivity index (χ0) is 19.7. The first-order valence-corrected chi connectivity index (χ1v) is 9.36. The Morgan fingerprint density at radius 2 is 1.88 bits per heavy atom. The first kappa shape index (κ1) is 20.0. The van der Waals surface area contributed by atoms with E-state index in [2.05, 4.69) is 5.32 Å². The molecule has 1 aromatic carbocycles. The molecular formula is C17H20FN2O5P. The number of rotatable bonds is 5. The molecule has 140 valence electrons. The Labute approximate surface area is 150 Å².